The van der Waals surface area contributed by atoms with E-state index in [0.717, 1.165) is 12.2 Å². The molecular formula is C14H20O2S. The van der Waals surface area contributed by atoms with Crippen LogP contribution in [0.4, 0.5) is 0 Å². The van der Waals surface area contributed by atoms with Crippen LogP contribution in [0.1, 0.15) is 33.6 Å². The van der Waals surface area contributed by atoms with Crippen LogP contribution in [0.5, 0.6) is 0 Å². The largest absolute Gasteiger partial charge is 0.460 e. The molecule has 94 valence electrons. The standard InChI is InChI=1S/C14H20O2S/c1-14(2,3)16-13(15)10-7-11-17-12-8-5-4-6-9-12/h4-6,8-9H,7,10-11H2,1-3H3. The summed E-state index contributed by atoms with van der Waals surface area (Å²) in [6.45, 7) is 5.68. The molecule has 2 nitrogen and oxygen atoms in total. The minimum atomic E-state index is -0.371. The van der Waals surface area contributed by atoms with Crippen LogP contribution in [0.15, 0.2) is 35.2 Å². The monoisotopic (exact) mass is 252 g/mol. The molecule has 1 rings (SSSR count). The van der Waals surface area contributed by atoms with Gasteiger partial charge in [-0.15, -0.1) is 11.8 Å². The molecule has 0 bridgehead atoms. The quantitative estimate of drug-likeness (QED) is 0.451. The van der Waals surface area contributed by atoms with E-state index in [-0.39, 0.29) is 11.6 Å². The van der Waals surface area contributed by atoms with E-state index in [0.29, 0.717) is 6.42 Å². The van der Waals surface area contributed by atoms with Crippen LogP contribution in [0, 0.1) is 0 Å². The fourth-order valence-electron chi connectivity index (χ4n) is 1.32. The summed E-state index contributed by atoms with van der Waals surface area (Å²) < 4.78 is 5.24. The number of hydrogen-bond donors (Lipinski definition) is 0. The molecule has 0 aromatic heterocycles. The molecule has 0 saturated carbocycles. The van der Waals surface area contributed by atoms with Crippen molar-refractivity contribution in [1.29, 1.82) is 0 Å². The van der Waals surface area contributed by atoms with Crippen molar-refractivity contribution in [3.05, 3.63) is 30.3 Å². The van der Waals surface area contributed by atoms with Crippen LogP contribution in [0.2, 0.25) is 0 Å². The van der Waals surface area contributed by atoms with Crippen LogP contribution < -0.4 is 0 Å². The first-order valence-electron chi connectivity index (χ1n) is 5.87. The molecular weight excluding hydrogens is 232 g/mol. The van der Waals surface area contributed by atoms with Gasteiger partial charge < -0.3 is 4.74 Å². The zero-order valence-corrected chi connectivity index (χ0v) is 11.5. The van der Waals surface area contributed by atoms with Gasteiger partial charge in [-0.05, 0) is 45.1 Å². The second kappa shape index (κ2) is 6.70. The fraction of sp³-hybridized carbons (Fsp3) is 0.500. The Balaban J connectivity index is 2.14. The highest BCUT2D eigenvalue weighted by molar-refractivity contribution is 7.99. The maximum atomic E-state index is 11.4. The van der Waals surface area contributed by atoms with E-state index in [2.05, 4.69) is 12.1 Å². The molecule has 0 aliphatic heterocycles. The number of esters is 1. The first-order chi connectivity index (χ1) is 7.97. The van der Waals surface area contributed by atoms with Crippen LogP contribution in [-0.4, -0.2) is 17.3 Å². The molecule has 0 N–H and O–H groups in total. The van der Waals surface area contributed by atoms with Gasteiger partial charge in [0.25, 0.3) is 0 Å². The number of ether oxygens (including phenoxy) is 1. The summed E-state index contributed by atoms with van der Waals surface area (Å²) in [5.74, 6) is 0.842. The Hall–Kier alpha value is -0.960. The molecule has 1 aromatic rings. The van der Waals surface area contributed by atoms with Crippen molar-refractivity contribution in [1.82, 2.24) is 0 Å². The van der Waals surface area contributed by atoms with Gasteiger partial charge >= 0.3 is 5.97 Å². The summed E-state index contributed by atoms with van der Waals surface area (Å²) in [4.78, 5) is 12.7. The van der Waals surface area contributed by atoms with Gasteiger partial charge in [0.15, 0.2) is 0 Å². The highest BCUT2D eigenvalue weighted by atomic mass is 32.2. The number of carbonyl (C=O) groups excluding carboxylic acids is 1. The van der Waals surface area contributed by atoms with Crippen molar-refractivity contribution < 1.29 is 9.53 Å². The molecule has 3 heteroatoms. The minimum absolute atomic E-state index is 0.105. The van der Waals surface area contributed by atoms with E-state index in [1.54, 1.807) is 11.8 Å². The Morgan fingerprint density at radius 1 is 1.24 bits per heavy atom. The third-order valence-corrected chi connectivity index (χ3v) is 3.06. The van der Waals surface area contributed by atoms with Crippen molar-refractivity contribution in [2.75, 3.05) is 5.75 Å². The van der Waals surface area contributed by atoms with E-state index < -0.39 is 0 Å². The lowest BCUT2D eigenvalue weighted by atomic mass is 10.2. The van der Waals surface area contributed by atoms with Crippen molar-refractivity contribution in [2.45, 2.75) is 44.1 Å². The van der Waals surface area contributed by atoms with Gasteiger partial charge in [-0.2, -0.15) is 0 Å². The average molecular weight is 252 g/mol. The lowest BCUT2D eigenvalue weighted by Gasteiger charge is -2.19. The first kappa shape index (κ1) is 14.1. The van der Waals surface area contributed by atoms with Gasteiger partial charge in [0.2, 0.25) is 0 Å². The predicted molar refractivity (Wildman–Crippen MR) is 72.2 cm³/mol. The Bertz CT molecular complexity index is 341. The normalized spacial score (nSPS) is 11.2. The van der Waals surface area contributed by atoms with Crippen LogP contribution in [0.25, 0.3) is 0 Å². The number of rotatable bonds is 5. The summed E-state index contributed by atoms with van der Waals surface area (Å²) in [6.07, 6.45) is 1.35. The molecule has 0 unspecified atom stereocenters. The summed E-state index contributed by atoms with van der Waals surface area (Å²) in [5, 5.41) is 0. The molecule has 0 amide bonds. The highest BCUT2D eigenvalue weighted by Crippen LogP contribution is 2.19. The number of carbonyl (C=O) groups is 1. The zero-order chi connectivity index (χ0) is 12.7. The summed E-state index contributed by atoms with van der Waals surface area (Å²) in [6, 6.07) is 10.2. The maximum absolute atomic E-state index is 11.4. The second-order valence-electron chi connectivity index (χ2n) is 4.85. The van der Waals surface area contributed by atoms with Gasteiger partial charge in [-0.1, -0.05) is 18.2 Å². The summed E-state index contributed by atoms with van der Waals surface area (Å²) >= 11 is 1.77. The van der Waals surface area contributed by atoms with Gasteiger partial charge in [-0.3, -0.25) is 4.79 Å². The van der Waals surface area contributed by atoms with Crippen LogP contribution in [0.3, 0.4) is 0 Å². The predicted octanol–water partition coefficient (Wildman–Crippen LogP) is 3.90. The smallest absolute Gasteiger partial charge is 0.306 e. The van der Waals surface area contributed by atoms with E-state index in [4.69, 9.17) is 4.74 Å². The van der Waals surface area contributed by atoms with E-state index >= 15 is 0 Å². The van der Waals surface area contributed by atoms with E-state index in [9.17, 15) is 4.79 Å². The van der Waals surface area contributed by atoms with E-state index in [1.807, 2.05) is 39.0 Å². The Labute approximate surface area is 108 Å². The maximum Gasteiger partial charge on any atom is 0.306 e. The van der Waals surface area contributed by atoms with Crippen molar-refractivity contribution in [2.24, 2.45) is 0 Å². The van der Waals surface area contributed by atoms with E-state index in [1.165, 1.54) is 4.90 Å². The van der Waals surface area contributed by atoms with Crippen molar-refractivity contribution in [3.8, 4) is 0 Å². The average Bonchev–Trinajstić information content (AvgIpc) is 2.23. The third kappa shape index (κ3) is 7.05. The molecule has 0 heterocycles. The van der Waals surface area contributed by atoms with Crippen LogP contribution in [-0.2, 0) is 9.53 Å². The van der Waals surface area contributed by atoms with Gasteiger partial charge in [0, 0.05) is 11.3 Å². The number of thioether (sulfide) groups is 1. The number of hydrogen-bond acceptors (Lipinski definition) is 3. The topological polar surface area (TPSA) is 26.3 Å². The summed E-state index contributed by atoms with van der Waals surface area (Å²) in [7, 11) is 0. The molecule has 17 heavy (non-hydrogen) atoms. The fourth-order valence-corrected chi connectivity index (χ4v) is 2.19. The number of benzene rings is 1. The molecule has 0 saturated heterocycles. The molecule has 0 fully saturated rings. The Morgan fingerprint density at radius 2 is 1.88 bits per heavy atom. The van der Waals surface area contributed by atoms with Crippen molar-refractivity contribution in [3.63, 3.8) is 0 Å². The molecule has 0 radical (unpaired) electrons. The second-order valence-corrected chi connectivity index (χ2v) is 6.02. The van der Waals surface area contributed by atoms with Gasteiger partial charge in [-0.25, -0.2) is 0 Å². The summed E-state index contributed by atoms with van der Waals surface area (Å²) in [5.41, 5.74) is -0.371. The zero-order valence-electron chi connectivity index (χ0n) is 10.7. The Morgan fingerprint density at radius 3 is 2.47 bits per heavy atom. The molecule has 0 aliphatic carbocycles. The molecule has 0 atom stereocenters. The first-order valence-corrected chi connectivity index (χ1v) is 6.86. The molecule has 1 aromatic carbocycles. The highest BCUT2D eigenvalue weighted by Gasteiger charge is 2.15. The lowest BCUT2D eigenvalue weighted by Crippen LogP contribution is -2.23. The lowest BCUT2D eigenvalue weighted by molar-refractivity contribution is -0.154. The molecule has 0 aliphatic rings. The van der Waals surface area contributed by atoms with Gasteiger partial charge in [0.1, 0.15) is 5.60 Å². The minimum Gasteiger partial charge on any atom is -0.460 e. The third-order valence-electron chi connectivity index (χ3n) is 1.96. The van der Waals surface area contributed by atoms with Crippen molar-refractivity contribution >= 4 is 17.7 Å². The SMILES string of the molecule is CC(C)(C)OC(=O)CCCSc1ccccc1. The Kier molecular flexibility index (Phi) is 5.56. The van der Waals surface area contributed by atoms with Gasteiger partial charge in [0.05, 0.1) is 0 Å². The molecule has 0 spiro atoms. The van der Waals surface area contributed by atoms with Crippen LogP contribution >= 0.6 is 11.8 Å².